The smallest absolute Gasteiger partial charge is 0.212 e. The van der Waals surface area contributed by atoms with E-state index in [0.29, 0.717) is 11.8 Å². The Morgan fingerprint density at radius 3 is 2.72 bits per heavy atom. The Balaban J connectivity index is 1.56. The van der Waals surface area contributed by atoms with E-state index in [1.54, 1.807) is 7.11 Å². The van der Waals surface area contributed by atoms with Crippen LogP contribution in [-0.2, 0) is 13.1 Å². The van der Waals surface area contributed by atoms with E-state index >= 15 is 0 Å². The number of nitrogens with one attached hydrogen (secondary N) is 1. The van der Waals surface area contributed by atoms with Crippen molar-refractivity contribution in [1.29, 1.82) is 0 Å². The van der Waals surface area contributed by atoms with Gasteiger partial charge in [-0.3, -0.25) is 4.90 Å². The van der Waals surface area contributed by atoms with Gasteiger partial charge in [0.1, 0.15) is 0 Å². The minimum atomic E-state index is 0.234. The number of hydrogen-bond donors (Lipinski definition) is 2. The lowest BCUT2D eigenvalue weighted by molar-refractivity contribution is 0.0906. The van der Waals surface area contributed by atoms with Gasteiger partial charge >= 0.3 is 0 Å². The highest BCUT2D eigenvalue weighted by Gasteiger charge is 2.28. The Kier molecular flexibility index (Phi) is 6.39. The number of aliphatic hydroxyl groups excluding tert-OH is 1. The topological polar surface area (TPSA) is 57.6 Å². The first-order valence-corrected chi connectivity index (χ1v) is 8.88. The van der Waals surface area contributed by atoms with Crippen molar-refractivity contribution in [3.63, 3.8) is 0 Å². The summed E-state index contributed by atoms with van der Waals surface area (Å²) in [6, 6.07) is 14.7. The first-order chi connectivity index (χ1) is 12.3. The maximum absolute atomic E-state index is 9.72. The molecule has 3 rings (SSSR count). The summed E-state index contributed by atoms with van der Waals surface area (Å²) in [7, 11) is 1.62. The van der Waals surface area contributed by atoms with Gasteiger partial charge in [-0.1, -0.05) is 36.4 Å². The summed E-state index contributed by atoms with van der Waals surface area (Å²) in [5.41, 5.74) is 2.46. The summed E-state index contributed by atoms with van der Waals surface area (Å²) < 4.78 is 5.10. The van der Waals surface area contributed by atoms with Crippen molar-refractivity contribution < 1.29 is 9.84 Å². The van der Waals surface area contributed by atoms with Crippen LogP contribution in [0, 0.1) is 5.92 Å². The van der Waals surface area contributed by atoms with Gasteiger partial charge in [-0.15, -0.1) is 0 Å². The monoisotopic (exact) mass is 341 g/mol. The normalized spacial score (nSPS) is 21.2. The fourth-order valence-corrected chi connectivity index (χ4v) is 3.39. The van der Waals surface area contributed by atoms with Gasteiger partial charge in [-0.05, 0) is 30.0 Å². The van der Waals surface area contributed by atoms with Gasteiger partial charge in [-0.25, -0.2) is 4.98 Å². The van der Waals surface area contributed by atoms with Crippen LogP contribution in [-0.4, -0.2) is 47.8 Å². The second kappa shape index (κ2) is 8.94. The van der Waals surface area contributed by atoms with E-state index in [0.717, 1.165) is 38.2 Å². The Morgan fingerprint density at radius 2 is 2.04 bits per heavy atom. The van der Waals surface area contributed by atoms with Crippen LogP contribution in [0.25, 0.3) is 0 Å². The Bertz CT molecular complexity index is 633. The molecule has 1 aliphatic rings. The van der Waals surface area contributed by atoms with Gasteiger partial charge in [-0.2, -0.15) is 0 Å². The lowest BCUT2D eigenvalue weighted by Crippen LogP contribution is -2.51. The number of aromatic nitrogens is 1. The molecule has 1 aromatic heterocycles. The Labute approximate surface area is 149 Å². The maximum atomic E-state index is 9.72. The van der Waals surface area contributed by atoms with Crippen LogP contribution in [0.15, 0.2) is 48.7 Å². The molecule has 25 heavy (non-hydrogen) atoms. The predicted octanol–water partition coefficient (Wildman–Crippen LogP) is 2.06. The van der Waals surface area contributed by atoms with Crippen molar-refractivity contribution in [2.75, 3.05) is 26.8 Å². The maximum Gasteiger partial charge on any atom is 0.212 e. The number of aliphatic hydroxyl groups is 1. The highest BCUT2D eigenvalue weighted by atomic mass is 16.5. The molecule has 0 saturated carbocycles. The van der Waals surface area contributed by atoms with E-state index in [2.05, 4.69) is 45.5 Å². The van der Waals surface area contributed by atoms with E-state index in [1.165, 1.54) is 5.56 Å². The van der Waals surface area contributed by atoms with Crippen molar-refractivity contribution in [3.05, 3.63) is 59.8 Å². The second-order valence-corrected chi connectivity index (χ2v) is 6.65. The average Bonchev–Trinajstić information content (AvgIpc) is 2.68. The molecule has 0 unspecified atom stereocenters. The summed E-state index contributed by atoms with van der Waals surface area (Å²) in [5.74, 6) is 0.932. The highest BCUT2D eigenvalue weighted by molar-refractivity contribution is 5.18. The molecule has 2 aromatic rings. The predicted molar refractivity (Wildman–Crippen MR) is 98.3 cm³/mol. The standard InChI is InChI=1S/C20H27N3O2/c1-25-20-8-7-17(12-22-20)11-21-19-14-23(10-9-18(19)15-24)13-16-5-3-2-4-6-16/h2-8,12,18-19,21,24H,9-11,13-15H2,1H3/t18-,19-/m0/s1. The zero-order valence-electron chi connectivity index (χ0n) is 14.8. The van der Waals surface area contributed by atoms with Crippen LogP contribution in [0.4, 0.5) is 0 Å². The van der Waals surface area contributed by atoms with Gasteiger partial charge in [0.05, 0.1) is 7.11 Å². The van der Waals surface area contributed by atoms with Crippen molar-refractivity contribution in [2.24, 2.45) is 5.92 Å². The molecular formula is C20H27N3O2. The summed E-state index contributed by atoms with van der Waals surface area (Å²) in [6.07, 6.45) is 2.85. The van der Waals surface area contributed by atoms with E-state index in [-0.39, 0.29) is 12.6 Å². The molecule has 2 atom stereocenters. The summed E-state index contributed by atoms with van der Waals surface area (Å²) >= 11 is 0. The fourth-order valence-electron chi connectivity index (χ4n) is 3.39. The van der Waals surface area contributed by atoms with Crippen molar-refractivity contribution in [3.8, 4) is 5.88 Å². The van der Waals surface area contributed by atoms with E-state index < -0.39 is 0 Å². The van der Waals surface area contributed by atoms with E-state index in [4.69, 9.17) is 4.74 Å². The molecule has 1 aromatic carbocycles. The largest absolute Gasteiger partial charge is 0.481 e. The minimum absolute atomic E-state index is 0.234. The number of piperidine rings is 1. The van der Waals surface area contributed by atoms with Gasteiger partial charge in [0.2, 0.25) is 5.88 Å². The van der Waals surface area contributed by atoms with Crippen molar-refractivity contribution >= 4 is 0 Å². The lowest BCUT2D eigenvalue weighted by Gasteiger charge is -2.38. The molecule has 0 amide bonds. The number of methoxy groups -OCH3 is 1. The molecule has 5 nitrogen and oxygen atoms in total. The summed E-state index contributed by atoms with van der Waals surface area (Å²) in [5, 5.41) is 13.3. The van der Waals surface area contributed by atoms with Crippen LogP contribution in [0.2, 0.25) is 0 Å². The third kappa shape index (κ3) is 5.01. The van der Waals surface area contributed by atoms with E-state index in [1.807, 2.05) is 18.3 Å². The minimum Gasteiger partial charge on any atom is -0.481 e. The van der Waals surface area contributed by atoms with Crippen LogP contribution < -0.4 is 10.1 Å². The molecule has 1 fully saturated rings. The van der Waals surface area contributed by atoms with Crippen LogP contribution >= 0.6 is 0 Å². The number of ether oxygens (including phenoxy) is 1. The molecule has 0 spiro atoms. The van der Waals surface area contributed by atoms with Crippen LogP contribution in [0.1, 0.15) is 17.5 Å². The number of benzene rings is 1. The fraction of sp³-hybridized carbons (Fsp3) is 0.450. The first kappa shape index (κ1) is 17.9. The molecule has 1 saturated heterocycles. The first-order valence-electron chi connectivity index (χ1n) is 8.88. The zero-order valence-corrected chi connectivity index (χ0v) is 14.8. The number of hydrogen-bond acceptors (Lipinski definition) is 5. The molecule has 1 aliphatic heterocycles. The third-order valence-electron chi connectivity index (χ3n) is 4.90. The number of likely N-dealkylation sites (tertiary alicyclic amines) is 1. The van der Waals surface area contributed by atoms with E-state index in [9.17, 15) is 5.11 Å². The number of nitrogens with zero attached hydrogens (tertiary/aromatic N) is 2. The molecule has 2 N–H and O–H groups in total. The molecule has 0 aliphatic carbocycles. The third-order valence-corrected chi connectivity index (χ3v) is 4.90. The average molecular weight is 341 g/mol. The summed E-state index contributed by atoms with van der Waals surface area (Å²) in [4.78, 5) is 6.71. The SMILES string of the molecule is COc1ccc(CN[C@H]2CN(Cc3ccccc3)CC[C@H]2CO)cn1. The number of rotatable bonds is 7. The van der Waals surface area contributed by atoms with Gasteiger partial charge in [0.15, 0.2) is 0 Å². The lowest BCUT2D eigenvalue weighted by atomic mass is 9.91. The van der Waals surface area contributed by atoms with Crippen molar-refractivity contribution in [1.82, 2.24) is 15.2 Å². The molecule has 0 bridgehead atoms. The van der Waals surface area contributed by atoms with Gasteiger partial charge < -0.3 is 15.2 Å². The molecule has 2 heterocycles. The molecule has 134 valence electrons. The quantitative estimate of drug-likeness (QED) is 0.807. The zero-order chi connectivity index (χ0) is 17.5. The van der Waals surface area contributed by atoms with Gasteiger partial charge in [0.25, 0.3) is 0 Å². The van der Waals surface area contributed by atoms with Crippen LogP contribution in [0.5, 0.6) is 5.88 Å². The highest BCUT2D eigenvalue weighted by Crippen LogP contribution is 2.20. The molecule has 0 radical (unpaired) electrons. The van der Waals surface area contributed by atoms with Crippen LogP contribution in [0.3, 0.4) is 0 Å². The summed E-state index contributed by atoms with van der Waals surface area (Å²) in [6.45, 7) is 3.92. The molecular weight excluding hydrogens is 314 g/mol. The number of pyridine rings is 1. The van der Waals surface area contributed by atoms with Crippen molar-refractivity contribution in [2.45, 2.75) is 25.6 Å². The van der Waals surface area contributed by atoms with Gasteiger partial charge in [0, 0.05) is 44.5 Å². The molecule has 5 heteroatoms. The Hall–Kier alpha value is -1.95. The Morgan fingerprint density at radius 1 is 1.20 bits per heavy atom. The second-order valence-electron chi connectivity index (χ2n) is 6.65.